The van der Waals surface area contributed by atoms with Gasteiger partial charge < -0.3 is 5.32 Å². The Bertz CT molecular complexity index is 490. The maximum absolute atomic E-state index is 4.30. The first-order valence-corrected chi connectivity index (χ1v) is 6.66. The molecule has 1 aromatic heterocycles. The standard InChI is InChI=1S/C12H16N4S/c1-9-14-12(16(2)15-9)13-8-10-4-6-11(17-3)7-5-10/h4-7H,8H2,1-3H3,(H,13,14,15). The summed E-state index contributed by atoms with van der Waals surface area (Å²) in [6, 6.07) is 8.51. The molecule has 0 amide bonds. The van der Waals surface area contributed by atoms with Gasteiger partial charge in [-0.3, -0.25) is 0 Å². The number of benzene rings is 1. The number of hydrogen-bond acceptors (Lipinski definition) is 4. The lowest BCUT2D eigenvalue weighted by molar-refractivity contribution is 0.757. The number of rotatable bonds is 4. The van der Waals surface area contributed by atoms with Crippen molar-refractivity contribution in [1.82, 2.24) is 14.8 Å². The van der Waals surface area contributed by atoms with E-state index < -0.39 is 0 Å². The van der Waals surface area contributed by atoms with E-state index in [0.717, 1.165) is 18.3 Å². The number of thioether (sulfide) groups is 1. The second-order valence-corrected chi connectivity index (χ2v) is 4.69. The first-order chi connectivity index (χ1) is 8.19. The average molecular weight is 248 g/mol. The molecule has 0 aliphatic carbocycles. The van der Waals surface area contributed by atoms with Gasteiger partial charge in [0.15, 0.2) is 0 Å². The van der Waals surface area contributed by atoms with Crippen LogP contribution in [-0.4, -0.2) is 21.0 Å². The monoisotopic (exact) mass is 248 g/mol. The largest absolute Gasteiger partial charge is 0.350 e. The van der Waals surface area contributed by atoms with E-state index in [-0.39, 0.29) is 0 Å². The van der Waals surface area contributed by atoms with Crippen molar-refractivity contribution in [3.8, 4) is 0 Å². The fourth-order valence-corrected chi connectivity index (χ4v) is 2.00. The molecule has 2 rings (SSSR count). The van der Waals surface area contributed by atoms with Crippen LogP contribution in [0.4, 0.5) is 5.95 Å². The molecular weight excluding hydrogens is 232 g/mol. The normalized spacial score (nSPS) is 10.5. The van der Waals surface area contributed by atoms with E-state index >= 15 is 0 Å². The van der Waals surface area contributed by atoms with Gasteiger partial charge in [-0.25, -0.2) is 4.68 Å². The van der Waals surface area contributed by atoms with Gasteiger partial charge in [0.2, 0.25) is 5.95 Å². The van der Waals surface area contributed by atoms with Gasteiger partial charge in [-0.1, -0.05) is 12.1 Å². The fraction of sp³-hybridized carbons (Fsp3) is 0.333. The molecule has 0 saturated carbocycles. The van der Waals surface area contributed by atoms with Crippen molar-refractivity contribution in [3.63, 3.8) is 0 Å². The summed E-state index contributed by atoms with van der Waals surface area (Å²) in [6.45, 7) is 2.65. The Kier molecular flexibility index (Phi) is 3.68. The third kappa shape index (κ3) is 3.00. The average Bonchev–Trinajstić information content (AvgIpc) is 2.66. The highest BCUT2D eigenvalue weighted by atomic mass is 32.2. The molecule has 0 atom stereocenters. The number of nitrogens with zero attached hydrogens (tertiary/aromatic N) is 3. The van der Waals surface area contributed by atoms with Crippen molar-refractivity contribution in [1.29, 1.82) is 0 Å². The molecule has 0 bridgehead atoms. The summed E-state index contributed by atoms with van der Waals surface area (Å²) in [5.74, 6) is 1.59. The molecule has 4 nitrogen and oxygen atoms in total. The van der Waals surface area contributed by atoms with Crippen LogP contribution in [0.3, 0.4) is 0 Å². The summed E-state index contributed by atoms with van der Waals surface area (Å²) >= 11 is 1.75. The van der Waals surface area contributed by atoms with Gasteiger partial charge in [-0.15, -0.1) is 11.8 Å². The molecule has 0 radical (unpaired) electrons. The lowest BCUT2D eigenvalue weighted by atomic mass is 10.2. The van der Waals surface area contributed by atoms with Crippen LogP contribution in [0.2, 0.25) is 0 Å². The Morgan fingerprint density at radius 2 is 2.00 bits per heavy atom. The van der Waals surface area contributed by atoms with Gasteiger partial charge in [0.05, 0.1) is 0 Å². The van der Waals surface area contributed by atoms with E-state index in [0.29, 0.717) is 0 Å². The number of hydrogen-bond donors (Lipinski definition) is 1. The summed E-state index contributed by atoms with van der Waals surface area (Å²) in [5.41, 5.74) is 1.24. The van der Waals surface area contributed by atoms with E-state index in [1.54, 1.807) is 16.4 Å². The molecule has 5 heteroatoms. The quantitative estimate of drug-likeness (QED) is 0.844. The van der Waals surface area contributed by atoms with Gasteiger partial charge in [0.1, 0.15) is 5.82 Å². The smallest absolute Gasteiger partial charge is 0.221 e. The van der Waals surface area contributed by atoms with Crippen LogP contribution in [0.5, 0.6) is 0 Å². The predicted molar refractivity (Wildman–Crippen MR) is 71.3 cm³/mol. The zero-order chi connectivity index (χ0) is 12.3. The second kappa shape index (κ2) is 5.23. The van der Waals surface area contributed by atoms with Gasteiger partial charge >= 0.3 is 0 Å². The molecule has 0 unspecified atom stereocenters. The Hall–Kier alpha value is -1.49. The number of aryl methyl sites for hydroxylation is 2. The van der Waals surface area contributed by atoms with E-state index in [1.165, 1.54) is 10.5 Å². The Balaban J connectivity index is 1.99. The highest BCUT2D eigenvalue weighted by Crippen LogP contribution is 2.15. The Morgan fingerprint density at radius 1 is 1.29 bits per heavy atom. The summed E-state index contributed by atoms with van der Waals surface area (Å²) in [4.78, 5) is 5.58. The molecule has 17 heavy (non-hydrogen) atoms. The first-order valence-electron chi connectivity index (χ1n) is 5.43. The molecule has 0 fully saturated rings. The van der Waals surface area contributed by atoms with Gasteiger partial charge in [-0.2, -0.15) is 10.1 Å². The summed E-state index contributed by atoms with van der Waals surface area (Å²) in [7, 11) is 1.89. The van der Waals surface area contributed by atoms with Crippen LogP contribution in [0.15, 0.2) is 29.2 Å². The molecule has 0 saturated heterocycles. The molecule has 1 aromatic carbocycles. The van der Waals surface area contributed by atoms with Crippen molar-refractivity contribution < 1.29 is 0 Å². The highest BCUT2D eigenvalue weighted by Gasteiger charge is 2.02. The predicted octanol–water partition coefficient (Wildman–Crippen LogP) is 2.46. The van der Waals surface area contributed by atoms with E-state index in [1.807, 2.05) is 14.0 Å². The van der Waals surface area contributed by atoms with Crippen LogP contribution < -0.4 is 5.32 Å². The van der Waals surface area contributed by atoms with Crippen LogP contribution >= 0.6 is 11.8 Å². The van der Waals surface area contributed by atoms with Crippen molar-refractivity contribution in [3.05, 3.63) is 35.7 Å². The van der Waals surface area contributed by atoms with Crippen LogP contribution in [-0.2, 0) is 13.6 Å². The SMILES string of the molecule is CSc1ccc(CNc2nc(C)nn2C)cc1. The fourth-order valence-electron chi connectivity index (χ4n) is 1.59. The summed E-state index contributed by atoms with van der Waals surface area (Å²) < 4.78 is 1.76. The maximum Gasteiger partial charge on any atom is 0.221 e. The molecular formula is C12H16N4S. The van der Waals surface area contributed by atoms with Crippen molar-refractivity contribution in [2.24, 2.45) is 7.05 Å². The zero-order valence-corrected chi connectivity index (χ0v) is 11.1. The Labute approximate surface area is 105 Å². The third-order valence-electron chi connectivity index (χ3n) is 2.48. The molecule has 0 aliphatic rings. The van der Waals surface area contributed by atoms with E-state index in [2.05, 4.69) is 45.9 Å². The van der Waals surface area contributed by atoms with Crippen LogP contribution in [0.25, 0.3) is 0 Å². The van der Waals surface area contributed by atoms with Gasteiger partial charge in [0.25, 0.3) is 0 Å². The van der Waals surface area contributed by atoms with Crippen molar-refractivity contribution in [2.75, 3.05) is 11.6 Å². The van der Waals surface area contributed by atoms with E-state index in [4.69, 9.17) is 0 Å². The summed E-state index contributed by atoms with van der Waals surface area (Å²) in [6.07, 6.45) is 2.08. The lowest BCUT2D eigenvalue weighted by Crippen LogP contribution is -2.05. The van der Waals surface area contributed by atoms with Crippen LogP contribution in [0, 0.1) is 6.92 Å². The molecule has 1 heterocycles. The minimum atomic E-state index is 0.765. The molecule has 0 spiro atoms. The minimum absolute atomic E-state index is 0.765. The molecule has 2 aromatic rings. The topological polar surface area (TPSA) is 42.7 Å². The van der Waals surface area contributed by atoms with Crippen molar-refractivity contribution in [2.45, 2.75) is 18.4 Å². The number of anilines is 1. The minimum Gasteiger partial charge on any atom is -0.350 e. The Morgan fingerprint density at radius 3 is 2.53 bits per heavy atom. The zero-order valence-electron chi connectivity index (χ0n) is 10.3. The molecule has 90 valence electrons. The third-order valence-corrected chi connectivity index (χ3v) is 3.22. The number of aromatic nitrogens is 3. The number of nitrogens with one attached hydrogen (secondary N) is 1. The van der Waals surface area contributed by atoms with E-state index in [9.17, 15) is 0 Å². The molecule has 1 N–H and O–H groups in total. The highest BCUT2D eigenvalue weighted by molar-refractivity contribution is 7.98. The maximum atomic E-state index is 4.30. The van der Waals surface area contributed by atoms with Gasteiger partial charge in [0, 0.05) is 18.5 Å². The van der Waals surface area contributed by atoms with Crippen LogP contribution in [0.1, 0.15) is 11.4 Å². The van der Waals surface area contributed by atoms with Crippen molar-refractivity contribution >= 4 is 17.7 Å². The molecule has 0 aliphatic heterocycles. The first kappa shape index (κ1) is 12.0. The summed E-state index contributed by atoms with van der Waals surface area (Å²) in [5, 5.41) is 7.46. The van der Waals surface area contributed by atoms with Gasteiger partial charge in [-0.05, 0) is 30.9 Å². The second-order valence-electron chi connectivity index (χ2n) is 3.81. The lowest BCUT2D eigenvalue weighted by Gasteiger charge is -2.05.